The molecule has 1 unspecified atom stereocenters. The zero-order valence-electron chi connectivity index (χ0n) is 13.5. The van der Waals surface area contributed by atoms with Gasteiger partial charge in [-0.1, -0.05) is 30.4 Å². The van der Waals surface area contributed by atoms with Gasteiger partial charge in [0.25, 0.3) is 0 Å². The number of hydrogen-bond donors (Lipinski definition) is 0. The van der Waals surface area contributed by atoms with Crippen molar-refractivity contribution in [2.45, 2.75) is 18.1 Å². The molecule has 1 heterocycles. The molecule has 0 saturated heterocycles. The molecule has 3 aliphatic rings. The fourth-order valence-corrected chi connectivity index (χ4v) is 3.80. The highest BCUT2D eigenvalue weighted by atomic mass is 32.2. The van der Waals surface area contributed by atoms with Crippen molar-refractivity contribution in [3.63, 3.8) is 0 Å². The SMILES string of the molecule is CN(C)CCOC(=O)C1=CCCC2=C1OC=C1C=CC=CC1S2. The number of allylic oxidation sites excluding steroid dienone is 5. The maximum Gasteiger partial charge on any atom is 0.341 e. The molecular weight excluding hydrogens is 310 g/mol. The summed E-state index contributed by atoms with van der Waals surface area (Å²) in [6.45, 7) is 1.09. The molecule has 0 N–H and O–H groups in total. The number of carbonyl (C=O) groups is 1. The lowest BCUT2D eigenvalue weighted by molar-refractivity contribution is -0.139. The van der Waals surface area contributed by atoms with E-state index in [9.17, 15) is 4.79 Å². The first-order valence-corrected chi connectivity index (χ1v) is 8.67. The molecule has 4 nitrogen and oxygen atoms in total. The first-order chi connectivity index (χ1) is 11.1. The van der Waals surface area contributed by atoms with Gasteiger partial charge in [-0.05, 0) is 26.9 Å². The first-order valence-electron chi connectivity index (χ1n) is 7.79. The maximum atomic E-state index is 12.4. The molecule has 0 spiro atoms. The summed E-state index contributed by atoms with van der Waals surface area (Å²) in [4.78, 5) is 15.5. The summed E-state index contributed by atoms with van der Waals surface area (Å²) in [6, 6.07) is 0. The Labute approximate surface area is 141 Å². The van der Waals surface area contributed by atoms with Crippen LogP contribution in [0, 0.1) is 0 Å². The smallest absolute Gasteiger partial charge is 0.341 e. The van der Waals surface area contributed by atoms with Crippen LogP contribution >= 0.6 is 11.8 Å². The van der Waals surface area contributed by atoms with Gasteiger partial charge in [0.05, 0.1) is 17.1 Å². The van der Waals surface area contributed by atoms with Gasteiger partial charge in [-0.3, -0.25) is 0 Å². The van der Waals surface area contributed by atoms with Crippen molar-refractivity contribution in [3.8, 4) is 0 Å². The Kier molecular flexibility index (Phi) is 5.08. The molecule has 0 aromatic heterocycles. The Bertz CT molecular complexity index is 641. The van der Waals surface area contributed by atoms with Crippen molar-refractivity contribution in [1.29, 1.82) is 0 Å². The van der Waals surface area contributed by atoms with E-state index in [4.69, 9.17) is 9.47 Å². The van der Waals surface area contributed by atoms with E-state index in [1.807, 2.05) is 31.1 Å². The molecule has 0 amide bonds. The summed E-state index contributed by atoms with van der Waals surface area (Å²) in [7, 11) is 3.91. The number of rotatable bonds is 4. The molecule has 2 aliphatic carbocycles. The number of fused-ring (bicyclic) bond motifs is 1. The molecule has 3 rings (SSSR count). The highest BCUT2D eigenvalue weighted by Gasteiger charge is 2.29. The van der Waals surface area contributed by atoms with E-state index >= 15 is 0 Å². The predicted molar refractivity (Wildman–Crippen MR) is 92.7 cm³/mol. The van der Waals surface area contributed by atoms with Gasteiger partial charge >= 0.3 is 5.97 Å². The summed E-state index contributed by atoms with van der Waals surface area (Å²) in [5.41, 5.74) is 1.67. The normalized spacial score (nSPS) is 22.7. The van der Waals surface area contributed by atoms with Gasteiger partial charge in [-0.2, -0.15) is 0 Å². The summed E-state index contributed by atoms with van der Waals surface area (Å²) < 4.78 is 11.2. The molecule has 1 atom stereocenters. The van der Waals surface area contributed by atoms with Gasteiger partial charge in [0.1, 0.15) is 12.4 Å². The monoisotopic (exact) mass is 331 g/mol. The largest absolute Gasteiger partial charge is 0.463 e. The van der Waals surface area contributed by atoms with Crippen molar-refractivity contribution in [2.75, 3.05) is 27.2 Å². The summed E-state index contributed by atoms with van der Waals surface area (Å²) in [5.74, 6) is 0.369. The van der Waals surface area contributed by atoms with Crippen LogP contribution in [-0.4, -0.2) is 43.4 Å². The minimum Gasteiger partial charge on any atom is -0.463 e. The number of ether oxygens (including phenoxy) is 2. The molecule has 0 radical (unpaired) electrons. The third-order valence-electron chi connectivity index (χ3n) is 3.81. The Hall–Kier alpha value is -1.72. The van der Waals surface area contributed by atoms with E-state index in [0.29, 0.717) is 24.5 Å². The van der Waals surface area contributed by atoms with E-state index < -0.39 is 0 Å². The highest BCUT2D eigenvalue weighted by molar-refractivity contribution is 8.04. The van der Waals surface area contributed by atoms with Crippen LogP contribution in [0.5, 0.6) is 0 Å². The zero-order valence-corrected chi connectivity index (χ0v) is 14.3. The second-order valence-corrected chi connectivity index (χ2v) is 7.10. The van der Waals surface area contributed by atoms with Crippen LogP contribution in [0.1, 0.15) is 12.8 Å². The quantitative estimate of drug-likeness (QED) is 0.740. The maximum absolute atomic E-state index is 12.4. The van der Waals surface area contributed by atoms with Crippen LogP contribution in [0.25, 0.3) is 0 Å². The Morgan fingerprint density at radius 1 is 1.43 bits per heavy atom. The summed E-state index contributed by atoms with van der Waals surface area (Å²) in [5, 5.41) is 0.261. The van der Waals surface area contributed by atoms with Crippen LogP contribution < -0.4 is 0 Å². The molecular formula is C18H21NO3S. The van der Waals surface area contributed by atoms with Crippen LogP contribution in [-0.2, 0) is 14.3 Å². The minimum absolute atomic E-state index is 0.261. The van der Waals surface area contributed by atoms with E-state index in [0.717, 1.165) is 23.3 Å². The van der Waals surface area contributed by atoms with Gasteiger partial charge in [0.15, 0.2) is 0 Å². The van der Waals surface area contributed by atoms with Crippen LogP contribution in [0.15, 0.2) is 58.5 Å². The van der Waals surface area contributed by atoms with Crippen LogP contribution in [0.2, 0.25) is 0 Å². The minimum atomic E-state index is -0.297. The topological polar surface area (TPSA) is 38.8 Å². The second kappa shape index (κ2) is 7.23. The molecule has 1 aliphatic heterocycles. The van der Waals surface area contributed by atoms with Gasteiger partial charge < -0.3 is 14.4 Å². The lowest BCUT2D eigenvalue weighted by Crippen LogP contribution is -2.22. The lowest BCUT2D eigenvalue weighted by Gasteiger charge is -2.20. The lowest BCUT2D eigenvalue weighted by atomic mass is 10.0. The molecule has 23 heavy (non-hydrogen) atoms. The number of thioether (sulfide) groups is 1. The second-order valence-electron chi connectivity index (χ2n) is 5.87. The standard InChI is InChI=1S/C18H21NO3S/c1-19(2)10-11-21-18(20)14-7-5-9-16-17(14)22-12-13-6-3-4-8-15(13)23-16/h3-4,6-8,12,15H,5,9-11H2,1-2H3. The number of esters is 1. The zero-order chi connectivity index (χ0) is 16.2. The Morgan fingerprint density at radius 2 is 2.30 bits per heavy atom. The first kappa shape index (κ1) is 16.1. The summed E-state index contributed by atoms with van der Waals surface area (Å²) >= 11 is 1.76. The summed E-state index contributed by atoms with van der Waals surface area (Å²) in [6.07, 6.45) is 13.7. The average molecular weight is 331 g/mol. The molecule has 0 saturated carbocycles. The van der Waals surface area contributed by atoms with E-state index in [1.165, 1.54) is 0 Å². The van der Waals surface area contributed by atoms with Crippen LogP contribution in [0.3, 0.4) is 0 Å². The predicted octanol–water partition coefficient (Wildman–Crippen LogP) is 3.16. The molecule has 5 heteroatoms. The fraction of sp³-hybridized carbons (Fsp3) is 0.389. The molecule has 0 aromatic rings. The van der Waals surface area contributed by atoms with Crippen molar-refractivity contribution < 1.29 is 14.3 Å². The van der Waals surface area contributed by atoms with Gasteiger partial charge in [0, 0.05) is 17.0 Å². The number of likely N-dealkylation sites (N-methyl/N-ethyl adjacent to an activating group) is 1. The van der Waals surface area contributed by atoms with Crippen LogP contribution in [0.4, 0.5) is 0 Å². The highest BCUT2D eigenvalue weighted by Crippen LogP contribution is 2.42. The third kappa shape index (κ3) is 3.79. The molecule has 0 aromatic carbocycles. The molecule has 0 fully saturated rings. The molecule has 0 bridgehead atoms. The third-order valence-corrected chi connectivity index (χ3v) is 5.16. The number of nitrogens with zero attached hydrogens (tertiary/aromatic N) is 1. The molecule has 122 valence electrons. The average Bonchev–Trinajstić information content (AvgIpc) is 2.73. The van der Waals surface area contributed by atoms with Crippen molar-refractivity contribution in [1.82, 2.24) is 4.90 Å². The van der Waals surface area contributed by atoms with Gasteiger partial charge in [0.2, 0.25) is 0 Å². The van der Waals surface area contributed by atoms with Crippen molar-refractivity contribution >= 4 is 17.7 Å². The van der Waals surface area contributed by atoms with E-state index in [-0.39, 0.29) is 11.2 Å². The number of carbonyl (C=O) groups excluding carboxylic acids is 1. The van der Waals surface area contributed by atoms with Gasteiger partial charge in [-0.15, -0.1) is 11.8 Å². The van der Waals surface area contributed by atoms with Gasteiger partial charge in [-0.25, -0.2) is 4.79 Å². The van der Waals surface area contributed by atoms with E-state index in [2.05, 4.69) is 18.2 Å². The number of hydrogen-bond acceptors (Lipinski definition) is 5. The van der Waals surface area contributed by atoms with Crippen molar-refractivity contribution in [2.24, 2.45) is 0 Å². The Balaban J connectivity index is 1.75. The Morgan fingerprint density at radius 3 is 3.13 bits per heavy atom. The fourth-order valence-electron chi connectivity index (χ4n) is 2.55. The van der Waals surface area contributed by atoms with E-state index in [1.54, 1.807) is 18.0 Å². The van der Waals surface area contributed by atoms with Crippen molar-refractivity contribution in [3.05, 3.63) is 58.5 Å².